The first kappa shape index (κ1) is 16.3. The summed E-state index contributed by atoms with van der Waals surface area (Å²) in [4.78, 5) is 25.3. The average molecular weight is 351 g/mol. The number of benzene rings is 1. The molecule has 2 aromatic heterocycles. The maximum atomic E-state index is 13.1. The fourth-order valence-corrected chi connectivity index (χ4v) is 3.41. The summed E-state index contributed by atoms with van der Waals surface area (Å²) in [7, 11) is 1.86. The lowest BCUT2D eigenvalue weighted by molar-refractivity contribution is 0.0762. The van der Waals surface area contributed by atoms with Gasteiger partial charge in [0, 0.05) is 44.8 Å². The average Bonchev–Trinajstić information content (AvgIpc) is 2.83. The van der Waals surface area contributed by atoms with Gasteiger partial charge in [0.05, 0.1) is 5.52 Å². The summed E-state index contributed by atoms with van der Waals surface area (Å²) >= 11 is 0. The second kappa shape index (κ2) is 6.62. The number of carbonyl (C=O) groups is 1. The molecule has 1 amide bonds. The van der Waals surface area contributed by atoms with Crippen LogP contribution in [0.2, 0.25) is 0 Å². The molecule has 0 bridgehead atoms. The standard InChI is InChI=1S/C18H21N7O/c1-23-14-6-3-2-5-13(14)16(22-23)17(26)25-10-4-9-24(11-12-25)15-7-8-20-18(19)21-15/h2-3,5-8H,4,9-12H2,1H3,(H2,19,20,21). The third kappa shape index (κ3) is 2.94. The van der Waals surface area contributed by atoms with E-state index in [1.807, 2.05) is 42.3 Å². The van der Waals surface area contributed by atoms with Gasteiger partial charge in [-0.15, -0.1) is 0 Å². The van der Waals surface area contributed by atoms with Crippen molar-refractivity contribution in [3.63, 3.8) is 0 Å². The lowest BCUT2D eigenvalue weighted by Crippen LogP contribution is -2.35. The first-order valence-electron chi connectivity index (χ1n) is 8.68. The highest BCUT2D eigenvalue weighted by atomic mass is 16.2. The van der Waals surface area contributed by atoms with Crippen LogP contribution in [-0.2, 0) is 7.05 Å². The molecule has 0 aliphatic carbocycles. The largest absolute Gasteiger partial charge is 0.368 e. The summed E-state index contributed by atoms with van der Waals surface area (Å²) in [5.74, 6) is 1.04. The molecule has 0 atom stereocenters. The van der Waals surface area contributed by atoms with Crippen molar-refractivity contribution in [3.8, 4) is 0 Å². The monoisotopic (exact) mass is 351 g/mol. The van der Waals surface area contributed by atoms with E-state index in [0.29, 0.717) is 25.3 Å². The molecule has 1 aliphatic rings. The topological polar surface area (TPSA) is 93.2 Å². The summed E-state index contributed by atoms with van der Waals surface area (Å²) < 4.78 is 1.76. The quantitative estimate of drug-likeness (QED) is 0.748. The van der Waals surface area contributed by atoms with Gasteiger partial charge in [-0.1, -0.05) is 18.2 Å². The summed E-state index contributed by atoms with van der Waals surface area (Å²) in [6.07, 6.45) is 2.52. The molecular formula is C18H21N7O. The lowest BCUT2D eigenvalue weighted by Gasteiger charge is -2.22. The van der Waals surface area contributed by atoms with E-state index in [-0.39, 0.29) is 11.9 Å². The zero-order chi connectivity index (χ0) is 18.1. The van der Waals surface area contributed by atoms with Gasteiger partial charge in [0.1, 0.15) is 5.82 Å². The molecule has 8 heteroatoms. The van der Waals surface area contributed by atoms with Crippen molar-refractivity contribution in [3.05, 3.63) is 42.2 Å². The lowest BCUT2D eigenvalue weighted by atomic mass is 10.2. The summed E-state index contributed by atoms with van der Waals surface area (Å²) in [6, 6.07) is 9.66. The van der Waals surface area contributed by atoms with Crippen LogP contribution in [0.15, 0.2) is 36.5 Å². The molecule has 3 aromatic rings. The second-order valence-corrected chi connectivity index (χ2v) is 6.40. The number of rotatable bonds is 2. The Morgan fingerprint density at radius 1 is 1.12 bits per heavy atom. The highest BCUT2D eigenvalue weighted by molar-refractivity contribution is 6.04. The number of amides is 1. The maximum Gasteiger partial charge on any atom is 0.275 e. The van der Waals surface area contributed by atoms with Crippen LogP contribution in [-0.4, -0.2) is 56.7 Å². The van der Waals surface area contributed by atoms with Crippen molar-refractivity contribution in [1.29, 1.82) is 0 Å². The van der Waals surface area contributed by atoms with Gasteiger partial charge >= 0.3 is 0 Å². The third-order valence-electron chi connectivity index (χ3n) is 4.73. The van der Waals surface area contributed by atoms with Crippen LogP contribution < -0.4 is 10.6 Å². The number of hydrogen-bond donors (Lipinski definition) is 1. The minimum atomic E-state index is -0.0224. The molecule has 4 rings (SSSR count). The molecule has 1 aromatic carbocycles. The molecule has 1 fully saturated rings. The normalized spacial score (nSPS) is 15.3. The van der Waals surface area contributed by atoms with Crippen molar-refractivity contribution in [2.75, 3.05) is 36.8 Å². The Morgan fingerprint density at radius 2 is 1.96 bits per heavy atom. The summed E-state index contributed by atoms with van der Waals surface area (Å²) in [5.41, 5.74) is 7.17. The Labute approximate surface area is 151 Å². The zero-order valence-corrected chi connectivity index (χ0v) is 14.7. The molecule has 8 nitrogen and oxygen atoms in total. The van der Waals surface area contributed by atoms with Crippen LogP contribution in [0.25, 0.3) is 10.9 Å². The number of nitrogens with zero attached hydrogens (tertiary/aromatic N) is 6. The molecule has 0 radical (unpaired) electrons. The van der Waals surface area contributed by atoms with Gasteiger partial charge < -0.3 is 15.5 Å². The predicted octanol–water partition coefficient (Wildman–Crippen LogP) is 1.30. The predicted molar refractivity (Wildman–Crippen MR) is 99.9 cm³/mol. The Balaban J connectivity index is 1.54. The Bertz CT molecular complexity index is 952. The third-order valence-corrected chi connectivity index (χ3v) is 4.73. The van der Waals surface area contributed by atoms with E-state index in [4.69, 9.17) is 5.73 Å². The molecule has 26 heavy (non-hydrogen) atoms. The van der Waals surface area contributed by atoms with Crippen molar-refractivity contribution in [1.82, 2.24) is 24.6 Å². The molecule has 0 spiro atoms. The highest BCUT2D eigenvalue weighted by Gasteiger charge is 2.24. The number of carbonyl (C=O) groups excluding carboxylic acids is 1. The first-order chi connectivity index (χ1) is 12.6. The number of nitrogen functional groups attached to an aromatic ring is 1. The molecule has 1 saturated heterocycles. The minimum Gasteiger partial charge on any atom is -0.368 e. The van der Waals surface area contributed by atoms with E-state index in [1.165, 1.54) is 0 Å². The number of fused-ring (bicyclic) bond motifs is 1. The fourth-order valence-electron chi connectivity index (χ4n) is 3.41. The first-order valence-corrected chi connectivity index (χ1v) is 8.68. The minimum absolute atomic E-state index is 0.0224. The molecule has 1 aliphatic heterocycles. The van der Waals surface area contributed by atoms with Gasteiger partial charge in [-0.25, -0.2) is 4.98 Å². The van der Waals surface area contributed by atoms with Crippen molar-refractivity contribution >= 4 is 28.6 Å². The summed E-state index contributed by atoms with van der Waals surface area (Å²) in [5, 5.41) is 5.35. The van der Waals surface area contributed by atoms with E-state index in [9.17, 15) is 4.79 Å². The van der Waals surface area contributed by atoms with Crippen LogP contribution in [0.3, 0.4) is 0 Å². The number of para-hydroxylation sites is 1. The van der Waals surface area contributed by atoms with Crippen molar-refractivity contribution < 1.29 is 4.79 Å². The van der Waals surface area contributed by atoms with Crippen molar-refractivity contribution in [2.45, 2.75) is 6.42 Å². The van der Waals surface area contributed by atoms with Crippen LogP contribution in [0.4, 0.5) is 11.8 Å². The number of hydrogen-bond acceptors (Lipinski definition) is 6. The van der Waals surface area contributed by atoms with Gasteiger partial charge in [-0.3, -0.25) is 9.48 Å². The molecule has 2 N–H and O–H groups in total. The van der Waals surface area contributed by atoms with Gasteiger partial charge in [0.25, 0.3) is 5.91 Å². The van der Waals surface area contributed by atoms with Crippen LogP contribution in [0.5, 0.6) is 0 Å². The maximum absolute atomic E-state index is 13.1. The van der Waals surface area contributed by atoms with Crippen LogP contribution in [0.1, 0.15) is 16.9 Å². The summed E-state index contributed by atoms with van der Waals surface area (Å²) in [6.45, 7) is 2.84. The Morgan fingerprint density at radius 3 is 2.81 bits per heavy atom. The highest BCUT2D eigenvalue weighted by Crippen LogP contribution is 2.20. The fraction of sp³-hybridized carbons (Fsp3) is 0.333. The SMILES string of the molecule is Cn1nc(C(=O)N2CCCN(c3ccnc(N)n3)CC2)c2ccccc21. The van der Waals surface area contributed by atoms with E-state index in [1.54, 1.807) is 10.9 Å². The van der Waals surface area contributed by atoms with Crippen molar-refractivity contribution in [2.24, 2.45) is 7.05 Å². The number of aromatic nitrogens is 4. The van der Waals surface area contributed by atoms with Gasteiger partial charge in [-0.2, -0.15) is 10.1 Å². The number of anilines is 2. The molecule has 0 unspecified atom stereocenters. The van der Waals surface area contributed by atoms with E-state index in [0.717, 1.165) is 29.7 Å². The number of aryl methyl sites for hydroxylation is 1. The zero-order valence-electron chi connectivity index (χ0n) is 14.7. The van der Waals surface area contributed by atoms with E-state index in [2.05, 4.69) is 20.0 Å². The van der Waals surface area contributed by atoms with E-state index >= 15 is 0 Å². The van der Waals surface area contributed by atoms with Gasteiger partial charge in [0.2, 0.25) is 5.95 Å². The molecule has 0 saturated carbocycles. The number of nitrogens with two attached hydrogens (primary N) is 1. The second-order valence-electron chi connectivity index (χ2n) is 6.40. The Hall–Kier alpha value is -3.16. The van der Waals surface area contributed by atoms with Gasteiger partial charge in [0.15, 0.2) is 5.69 Å². The van der Waals surface area contributed by atoms with Crippen LogP contribution >= 0.6 is 0 Å². The smallest absolute Gasteiger partial charge is 0.275 e. The molecular weight excluding hydrogens is 330 g/mol. The van der Waals surface area contributed by atoms with Crippen LogP contribution in [0, 0.1) is 0 Å². The van der Waals surface area contributed by atoms with E-state index < -0.39 is 0 Å². The van der Waals surface area contributed by atoms with Gasteiger partial charge in [-0.05, 0) is 18.6 Å². The molecule has 134 valence electrons. The molecule has 3 heterocycles. The Kier molecular flexibility index (Phi) is 4.16.